The minimum Gasteiger partial charge on any atom is -0.497 e. The second kappa shape index (κ2) is 9.10. The first-order valence-electron chi connectivity index (χ1n) is 7.48. The zero-order chi connectivity index (χ0) is 17.3. The Morgan fingerprint density at radius 1 is 1.17 bits per heavy atom. The van der Waals surface area contributed by atoms with Crippen molar-refractivity contribution < 1.29 is 23.8 Å². The molecule has 5 heteroatoms. The van der Waals surface area contributed by atoms with Gasteiger partial charge in [0.15, 0.2) is 5.78 Å². The number of esters is 1. The molecule has 0 spiro atoms. The van der Waals surface area contributed by atoms with Crippen molar-refractivity contribution >= 4 is 11.8 Å². The van der Waals surface area contributed by atoms with Gasteiger partial charge in [0.25, 0.3) is 0 Å². The number of methoxy groups -OCH3 is 2. The lowest BCUT2D eigenvalue weighted by Gasteiger charge is -2.21. The number of allylic oxidation sites excluding steroid dienone is 1. The number of carbonyl (C=O) groups is 2. The summed E-state index contributed by atoms with van der Waals surface area (Å²) in [4.78, 5) is 23.9. The standard InChI is InChI=1S/C18H24O5/c1-5-18(2,17(20)22-4)16(19)7-6-12-23-13-14-8-10-15(21-3)11-9-14/h6-11H,5,12-13H2,1-4H3/b7-6+/t18-/m0/s1. The third-order valence-corrected chi connectivity index (χ3v) is 3.80. The van der Waals surface area contributed by atoms with Crippen LogP contribution in [0.5, 0.6) is 5.75 Å². The molecule has 0 fully saturated rings. The fourth-order valence-corrected chi connectivity index (χ4v) is 1.95. The third-order valence-electron chi connectivity index (χ3n) is 3.80. The van der Waals surface area contributed by atoms with E-state index in [1.165, 1.54) is 13.2 Å². The largest absolute Gasteiger partial charge is 0.497 e. The van der Waals surface area contributed by atoms with Crippen molar-refractivity contribution in [2.45, 2.75) is 26.9 Å². The molecular weight excluding hydrogens is 296 g/mol. The predicted octanol–water partition coefficient (Wildman–Crippen LogP) is 2.93. The molecule has 0 aliphatic heterocycles. The van der Waals surface area contributed by atoms with Crippen molar-refractivity contribution in [3.8, 4) is 5.75 Å². The topological polar surface area (TPSA) is 61.8 Å². The number of ketones is 1. The van der Waals surface area contributed by atoms with Crippen molar-refractivity contribution in [3.05, 3.63) is 42.0 Å². The SMILES string of the molecule is CC[C@@](C)(C(=O)/C=C/COCc1ccc(OC)cc1)C(=O)OC. The summed E-state index contributed by atoms with van der Waals surface area (Å²) in [7, 11) is 2.90. The minimum absolute atomic E-state index is 0.278. The molecule has 0 radical (unpaired) electrons. The van der Waals surface area contributed by atoms with Crippen LogP contribution in [-0.4, -0.2) is 32.6 Å². The third kappa shape index (κ3) is 5.21. The minimum atomic E-state index is -1.14. The van der Waals surface area contributed by atoms with Crippen LogP contribution in [0, 0.1) is 5.41 Å². The monoisotopic (exact) mass is 320 g/mol. The second-order valence-corrected chi connectivity index (χ2v) is 5.31. The fraction of sp³-hybridized carbons (Fsp3) is 0.444. The lowest BCUT2D eigenvalue weighted by Crippen LogP contribution is -2.35. The van der Waals surface area contributed by atoms with E-state index < -0.39 is 11.4 Å². The molecule has 0 heterocycles. The number of hydrogen-bond acceptors (Lipinski definition) is 5. The molecule has 0 aliphatic rings. The van der Waals surface area contributed by atoms with Crippen molar-refractivity contribution in [1.29, 1.82) is 0 Å². The number of carbonyl (C=O) groups excluding carboxylic acids is 2. The van der Waals surface area contributed by atoms with Gasteiger partial charge < -0.3 is 14.2 Å². The van der Waals surface area contributed by atoms with Gasteiger partial charge in [0.05, 0.1) is 27.4 Å². The van der Waals surface area contributed by atoms with Crippen LogP contribution in [0.2, 0.25) is 0 Å². The molecule has 0 saturated carbocycles. The molecule has 0 amide bonds. The normalized spacial score (nSPS) is 13.6. The Labute approximate surface area is 137 Å². The van der Waals surface area contributed by atoms with Gasteiger partial charge in [0.1, 0.15) is 11.2 Å². The molecule has 1 atom stereocenters. The molecule has 0 aliphatic carbocycles. The Morgan fingerprint density at radius 2 is 1.83 bits per heavy atom. The summed E-state index contributed by atoms with van der Waals surface area (Å²) < 4.78 is 15.3. The molecule has 1 rings (SSSR count). The summed E-state index contributed by atoms with van der Waals surface area (Å²) in [6, 6.07) is 7.56. The van der Waals surface area contributed by atoms with E-state index in [4.69, 9.17) is 14.2 Å². The second-order valence-electron chi connectivity index (χ2n) is 5.31. The number of benzene rings is 1. The molecule has 1 aromatic carbocycles. The van der Waals surface area contributed by atoms with Crippen LogP contribution in [0.1, 0.15) is 25.8 Å². The van der Waals surface area contributed by atoms with Gasteiger partial charge in [-0.2, -0.15) is 0 Å². The molecule has 0 saturated heterocycles. The highest BCUT2D eigenvalue weighted by molar-refractivity contribution is 6.08. The number of hydrogen-bond donors (Lipinski definition) is 0. The Hall–Kier alpha value is -2.14. The average Bonchev–Trinajstić information content (AvgIpc) is 2.60. The van der Waals surface area contributed by atoms with Crippen LogP contribution < -0.4 is 4.74 Å². The Bertz CT molecular complexity index is 547. The molecular formula is C18H24O5. The summed E-state index contributed by atoms with van der Waals surface area (Å²) in [5, 5.41) is 0. The first-order valence-corrected chi connectivity index (χ1v) is 7.48. The van der Waals surface area contributed by atoms with E-state index >= 15 is 0 Å². The van der Waals surface area contributed by atoms with Gasteiger partial charge in [-0.1, -0.05) is 25.1 Å². The Balaban J connectivity index is 2.46. The van der Waals surface area contributed by atoms with Gasteiger partial charge in [0, 0.05) is 0 Å². The van der Waals surface area contributed by atoms with E-state index in [-0.39, 0.29) is 5.78 Å². The fourth-order valence-electron chi connectivity index (χ4n) is 1.95. The molecule has 5 nitrogen and oxygen atoms in total. The summed E-state index contributed by atoms with van der Waals surface area (Å²) >= 11 is 0. The first-order chi connectivity index (χ1) is 11.0. The van der Waals surface area contributed by atoms with Crippen molar-refractivity contribution in [2.75, 3.05) is 20.8 Å². The number of ether oxygens (including phenoxy) is 3. The van der Waals surface area contributed by atoms with Crippen LogP contribution in [0.3, 0.4) is 0 Å². The number of rotatable bonds is 9. The summed E-state index contributed by atoms with van der Waals surface area (Å²) in [5.74, 6) is -0.00500. The predicted molar refractivity (Wildman–Crippen MR) is 87.2 cm³/mol. The van der Waals surface area contributed by atoms with Crippen molar-refractivity contribution in [1.82, 2.24) is 0 Å². The van der Waals surface area contributed by atoms with E-state index in [0.29, 0.717) is 19.6 Å². The lowest BCUT2D eigenvalue weighted by atomic mass is 9.83. The maximum absolute atomic E-state index is 12.1. The molecule has 126 valence electrons. The first kappa shape index (κ1) is 18.9. The van der Waals surface area contributed by atoms with Gasteiger partial charge >= 0.3 is 5.97 Å². The molecule has 0 bridgehead atoms. The Morgan fingerprint density at radius 3 is 2.35 bits per heavy atom. The highest BCUT2D eigenvalue weighted by Gasteiger charge is 2.38. The zero-order valence-corrected chi connectivity index (χ0v) is 14.1. The van der Waals surface area contributed by atoms with Gasteiger partial charge in [-0.05, 0) is 37.1 Å². The maximum Gasteiger partial charge on any atom is 0.319 e. The Kier molecular flexibility index (Phi) is 7.48. The highest BCUT2D eigenvalue weighted by Crippen LogP contribution is 2.24. The van der Waals surface area contributed by atoms with Crippen LogP contribution in [-0.2, 0) is 25.7 Å². The van der Waals surface area contributed by atoms with Crippen molar-refractivity contribution in [3.63, 3.8) is 0 Å². The van der Waals surface area contributed by atoms with Crippen LogP contribution in [0.15, 0.2) is 36.4 Å². The van der Waals surface area contributed by atoms with E-state index in [2.05, 4.69) is 0 Å². The molecule has 0 N–H and O–H groups in total. The average molecular weight is 320 g/mol. The zero-order valence-electron chi connectivity index (χ0n) is 14.1. The smallest absolute Gasteiger partial charge is 0.319 e. The molecule has 23 heavy (non-hydrogen) atoms. The maximum atomic E-state index is 12.1. The lowest BCUT2D eigenvalue weighted by molar-refractivity contribution is -0.155. The summed E-state index contributed by atoms with van der Waals surface area (Å²) in [6.45, 7) is 4.09. The molecule has 0 aromatic heterocycles. The summed E-state index contributed by atoms with van der Waals surface area (Å²) in [6.07, 6.45) is 3.38. The van der Waals surface area contributed by atoms with Gasteiger partial charge in [-0.15, -0.1) is 0 Å². The van der Waals surface area contributed by atoms with Crippen LogP contribution in [0.25, 0.3) is 0 Å². The van der Waals surface area contributed by atoms with Gasteiger partial charge in [-0.3, -0.25) is 9.59 Å². The van der Waals surface area contributed by atoms with Crippen LogP contribution in [0.4, 0.5) is 0 Å². The van der Waals surface area contributed by atoms with Gasteiger partial charge in [-0.25, -0.2) is 0 Å². The van der Waals surface area contributed by atoms with E-state index in [9.17, 15) is 9.59 Å². The highest BCUT2D eigenvalue weighted by atomic mass is 16.5. The van der Waals surface area contributed by atoms with Gasteiger partial charge in [0.2, 0.25) is 0 Å². The van der Waals surface area contributed by atoms with Crippen molar-refractivity contribution in [2.24, 2.45) is 5.41 Å². The van der Waals surface area contributed by atoms with E-state index in [0.717, 1.165) is 11.3 Å². The molecule has 0 unspecified atom stereocenters. The van der Waals surface area contributed by atoms with Crippen LogP contribution >= 0.6 is 0 Å². The summed E-state index contributed by atoms with van der Waals surface area (Å²) in [5.41, 5.74) is -0.125. The molecule has 1 aromatic rings. The quantitative estimate of drug-likeness (QED) is 0.303. The van der Waals surface area contributed by atoms with E-state index in [1.807, 2.05) is 24.3 Å². The van der Waals surface area contributed by atoms with E-state index in [1.54, 1.807) is 27.0 Å².